The Balaban J connectivity index is 3.99. The van der Waals surface area contributed by atoms with Crippen molar-refractivity contribution in [2.45, 2.75) is 130 Å². The van der Waals surface area contributed by atoms with Gasteiger partial charge >= 0.3 is 6.09 Å². The van der Waals surface area contributed by atoms with E-state index in [-0.39, 0.29) is 6.09 Å². The molecule has 27 heavy (non-hydrogen) atoms. The Labute approximate surface area is 170 Å². The van der Waals surface area contributed by atoms with E-state index in [1.807, 2.05) is 4.90 Å². The van der Waals surface area contributed by atoms with Gasteiger partial charge in [0.25, 0.3) is 0 Å². The maximum atomic E-state index is 12.4. The molecule has 0 bridgehead atoms. The van der Waals surface area contributed by atoms with E-state index in [1.54, 1.807) is 0 Å². The highest BCUT2D eigenvalue weighted by molar-refractivity contribution is 5.67. The first kappa shape index (κ1) is 26.3. The van der Waals surface area contributed by atoms with Crippen LogP contribution in [0.2, 0.25) is 0 Å². The van der Waals surface area contributed by atoms with Crippen molar-refractivity contribution >= 4 is 6.09 Å². The molecule has 1 amide bonds. The Bertz CT molecular complexity index is 289. The number of amides is 1. The number of carbonyl (C=O) groups is 1. The van der Waals surface area contributed by atoms with Crippen LogP contribution in [0.4, 0.5) is 4.79 Å². The first-order valence-corrected chi connectivity index (χ1v) is 12.2. The van der Waals surface area contributed by atoms with Crippen molar-refractivity contribution in [3.63, 3.8) is 0 Å². The quantitative estimate of drug-likeness (QED) is 0.199. The van der Waals surface area contributed by atoms with Crippen molar-refractivity contribution in [2.24, 2.45) is 0 Å². The second-order valence-corrected chi connectivity index (χ2v) is 8.05. The van der Waals surface area contributed by atoms with E-state index >= 15 is 0 Å². The molecule has 0 N–H and O–H groups in total. The highest BCUT2D eigenvalue weighted by Gasteiger charge is 2.14. The standard InChI is InChI=1S/C24H49NO2/c1-4-7-10-12-14-16-18-21-25(24(26)27-23-20-9-6-3)22-19-17-15-13-11-8-5-2/h4-23H2,1-3H3. The lowest BCUT2D eigenvalue weighted by Gasteiger charge is -2.22. The second-order valence-electron chi connectivity index (χ2n) is 8.05. The van der Waals surface area contributed by atoms with Gasteiger partial charge in [0.1, 0.15) is 0 Å². The van der Waals surface area contributed by atoms with E-state index in [4.69, 9.17) is 4.74 Å². The van der Waals surface area contributed by atoms with Crippen LogP contribution in [0.3, 0.4) is 0 Å². The van der Waals surface area contributed by atoms with Gasteiger partial charge in [-0.3, -0.25) is 0 Å². The van der Waals surface area contributed by atoms with Crippen LogP contribution in [-0.4, -0.2) is 30.7 Å². The molecule has 0 atom stereocenters. The lowest BCUT2D eigenvalue weighted by Crippen LogP contribution is -2.33. The monoisotopic (exact) mass is 383 g/mol. The molecule has 3 heteroatoms. The molecule has 0 aromatic heterocycles. The average molecular weight is 384 g/mol. The van der Waals surface area contributed by atoms with Gasteiger partial charge in [-0.2, -0.15) is 0 Å². The molecule has 162 valence electrons. The van der Waals surface area contributed by atoms with Crippen LogP contribution in [0.15, 0.2) is 0 Å². The van der Waals surface area contributed by atoms with Crippen molar-refractivity contribution < 1.29 is 9.53 Å². The smallest absolute Gasteiger partial charge is 0.409 e. The lowest BCUT2D eigenvalue weighted by atomic mass is 10.1. The van der Waals surface area contributed by atoms with Gasteiger partial charge in [-0.05, 0) is 19.3 Å². The zero-order chi connectivity index (χ0) is 20.0. The van der Waals surface area contributed by atoms with E-state index in [2.05, 4.69) is 20.8 Å². The number of carbonyl (C=O) groups excluding carboxylic acids is 1. The van der Waals surface area contributed by atoms with E-state index in [1.165, 1.54) is 77.0 Å². The largest absolute Gasteiger partial charge is 0.449 e. The van der Waals surface area contributed by atoms with Gasteiger partial charge in [-0.15, -0.1) is 0 Å². The van der Waals surface area contributed by atoms with E-state index in [9.17, 15) is 4.79 Å². The van der Waals surface area contributed by atoms with Crippen LogP contribution >= 0.6 is 0 Å². The summed E-state index contributed by atoms with van der Waals surface area (Å²) >= 11 is 0. The van der Waals surface area contributed by atoms with Crippen molar-refractivity contribution in [3.8, 4) is 0 Å². The predicted molar refractivity (Wildman–Crippen MR) is 118 cm³/mol. The van der Waals surface area contributed by atoms with Crippen LogP contribution in [0.25, 0.3) is 0 Å². The maximum Gasteiger partial charge on any atom is 0.409 e. The van der Waals surface area contributed by atoms with E-state index in [0.717, 1.165) is 45.2 Å². The molecular weight excluding hydrogens is 334 g/mol. The summed E-state index contributed by atoms with van der Waals surface area (Å²) in [6.07, 6.45) is 21.2. The molecule has 0 unspecified atom stereocenters. The molecule has 0 radical (unpaired) electrons. The molecule has 0 rings (SSSR count). The fourth-order valence-electron chi connectivity index (χ4n) is 3.42. The summed E-state index contributed by atoms with van der Waals surface area (Å²) in [5, 5.41) is 0. The molecule has 0 aromatic rings. The number of rotatable bonds is 20. The third-order valence-electron chi connectivity index (χ3n) is 5.29. The zero-order valence-corrected chi connectivity index (χ0v) is 18.9. The first-order chi connectivity index (χ1) is 13.3. The molecule has 0 aliphatic rings. The summed E-state index contributed by atoms with van der Waals surface area (Å²) < 4.78 is 5.51. The van der Waals surface area contributed by atoms with Crippen LogP contribution in [0.5, 0.6) is 0 Å². The van der Waals surface area contributed by atoms with Gasteiger partial charge < -0.3 is 9.64 Å². The zero-order valence-electron chi connectivity index (χ0n) is 18.9. The Hall–Kier alpha value is -0.730. The van der Waals surface area contributed by atoms with Gasteiger partial charge in [-0.1, -0.05) is 111 Å². The lowest BCUT2D eigenvalue weighted by molar-refractivity contribution is 0.0991. The van der Waals surface area contributed by atoms with Crippen LogP contribution in [0, 0.1) is 0 Å². The SMILES string of the molecule is CCCCCCCCCN(CCCCCCCCC)C(=O)OCCCCC. The summed E-state index contributed by atoms with van der Waals surface area (Å²) in [7, 11) is 0. The summed E-state index contributed by atoms with van der Waals surface area (Å²) in [5.74, 6) is 0. The number of ether oxygens (including phenoxy) is 1. The summed E-state index contributed by atoms with van der Waals surface area (Å²) in [5.41, 5.74) is 0. The minimum atomic E-state index is -0.0805. The third-order valence-corrected chi connectivity index (χ3v) is 5.29. The number of nitrogens with zero attached hydrogens (tertiary/aromatic N) is 1. The molecule has 0 heterocycles. The molecule has 0 aromatic carbocycles. The highest BCUT2D eigenvalue weighted by Crippen LogP contribution is 2.11. The van der Waals surface area contributed by atoms with Crippen molar-refractivity contribution in [3.05, 3.63) is 0 Å². The first-order valence-electron chi connectivity index (χ1n) is 12.2. The van der Waals surface area contributed by atoms with Crippen LogP contribution < -0.4 is 0 Å². The Kier molecular flexibility index (Phi) is 21.0. The van der Waals surface area contributed by atoms with Gasteiger partial charge in [0.05, 0.1) is 6.61 Å². The fraction of sp³-hybridized carbons (Fsp3) is 0.958. The molecule has 3 nitrogen and oxygen atoms in total. The summed E-state index contributed by atoms with van der Waals surface area (Å²) in [6.45, 7) is 9.01. The van der Waals surface area contributed by atoms with E-state index < -0.39 is 0 Å². The van der Waals surface area contributed by atoms with Crippen molar-refractivity contribution in [1.82, 2.24) is 4.90 Å². The maximum absolute atomic E-state index is 12.4. The molecule has 0 aliphatic heterocycles. The number of hydrogen-bond acceptors (Lipinski definition) is 2. The predicted octanol–water partition coefficient (Wildman–Crippen LogP) is 8.12. The molecular formula is C24H49NO2. The number of hydrogen-bond donors (Lipinski definition) is 0. The molecule has 0 aliphatic carbocycles. The van der Waals surface area contributed by atoms with Crippen LogP contribution in [0.1, 0.15) is 130 Å². The van der Waals surface area contributed by atoms with Crippen LogP contribution in [-0.2, 0) is 4.74 Å². The molecule has 0 fully saturated rings. The van der Waals surface area contributed by atoms with Crippen molar-refractivity contribution in [2.75, 3.05) is 19.7 Å². The van der Waals surface area contributed by atoms with Gasteiger partial charge in [0.2, 0.25) is 0 Å². The Morgan fingerprint density at radius 2 is 0.926 bits per heavy atom. The average Bonchev–Trinajstić information content (AvgIpc) is 2.68. The molecule has 0 spiro atoms. The Morgan fingerprint density at radius 1 is 0.556 bits per heavy atom. The van der Waals surface area contributed by atoms with Gasteiger partial charge in [-0.25, -0.2) is 4.79 Å². The Morgan fingerprint density at radius 3 is 1.37 bits per heavy atom. The second kappa shape index (κ2) is 21.6. The highest BCUT2D eigenvalue weighted by atomic mass is 16.6. The summed E-state index contributed by atoms with van der Waals surface area (Å²) in [6, 6.07) is 0. The van der Waals surface area contributed by atoms with Gasteiger partial charge in [0, 0.05) is 13.1 Å². The summed E-state index contributed by atoms with van der Waals surface area (Å²) in [4.78, 5) is 14.4. The molecule has 0 saturated carbocycles. The normalized spacial score (nSPS) is 10.9. The number of unbranched alkanes of at least 4 members (excludes halogenated alkanes) is 14. The third kappa shape index (κ3) is 18.4. The van der Waals surface area contributed by atoms with Crippen molar-refractivity contribution in [1.29, 1.82) is 0 Å². The van der Waals surface area contributed by atoms with Gasteiger partial charge in [0.15, 0.2) is 0 Å². The topological polar surface area (TPSA) is 29.5 Å². The molecule has 0 saturated heterocycles. The fourth-order valence-corrected chi connectivity index (χ4v) is 3.42. The minimum Gasteiger partial charge on any atom is -0.449 e. The van der Waals surface area contributed by atoms with E-state index in [0.29, 0.717) is 6.61 Å². The minimum absolute atomic E-state index is 0.0805.